The second-order valence-electron chi connectivity index (χ2n) is 4.09. The van der Waals surface area contributed by atoms with Crippen molar-refractivity contribution in [2.75, 3.05) is 13.2 Å². The van der Waals surface area contributed by atoms with Crippen molar-refractivity contribution in [1.82, 2.24) is 0 Å². The van der Waals surface area contributed by atoms with Crippen molar-refractivity contribution in [3.05, 3.63) is 0 Å². The number of ether oxygens (including phenoxy) is 1. The van der Waals surface area contributed by atoms with Crippen molar-refractivity contribution in [3.63, 3.8) is 0 Å². The van der Waals surface area contributed by atoms with E-state index < -0.39 is 24.7 Å². The third-order valence-corrected chi connectivity index (χ3v) is 2.87. The standard InChI is InChI=1S/C10H15F3O3/c11-10(12,13)8(9(14)15)6-16-5-4-7-2-1-3-7/h7-8H,1-6H2,(H,14,15). The van der Waals surface area contributed by atoms with Gasteiger partial charge < -0.3 is 9.84 Å². The predicted octanol–water partition coefficient (Wildman–Crippen LogP) is 2.46. The van der Waals surface area contributed by atoms with Gasteiger partial charge in [-0.3, -0.25) is 4.79 Å². The van der Waals surface area contributed by atoms with E-state index in [0.29, 0.717) is 5.92 Å². The highest BCUT2D eigenvalue weighted by atomic mass is 19.4. The van der Waals surface area contributed by atoms with E-state index in [-0.39, 0.29) is 6.61 Å². The smallest absolute Gasteiger partial charge is 0.404 e. The second kappa shape index (κ2) is 5.52. The molecule has 0 spiro atoms. The first-order valence-corrected chi connectivity index (χ1v) is 5.28. The lowest BCUT2D eigenvalue weighted by Gasteiger charge is -2.25. The Bertz CT molecular complexity index is 236. The molecule has 16 heavy (non-hydrogen) atoms. The molecule has 0 amide bonds. The van der Waals surface area contributed by atoms with Gasteiger partial charge in [0.2, 0.25) is 0 Å². The zero-order valence-electron chi connectivity index (χ0n) is 8.79. The van der Waals surface area contributed by atoms with Crippen LogP contribution in [-0.4, -0.2) is 30.5 Å². The van der Waals surface area contributed by atoms with Crippen LogP contribution in [0.25, 0.3) is 0 Å². The fourth-order valence-corrected chi connectivity index (χ4v) is 1.54. The zero-order valence-corrected chi connectivity index (χ0v) is 8.79. The molecule has 1 saturated carbocycles. The minimum absolute atomic E-state index is 0.213. The molecular weight excluding hydrogens is 225 g/mol. The molecule has 0 aromatic heterocycles. The molecule has 3 nitrogen and oxygen atoms in total. The maximum Gasteiger partial charge on any atom is 0.404 e. The molecule has 0 aromatic carbocycles. The van der Waals surface area contributed by atoms with Crippen LogP contribution in [0, 0.1) is 11.8 Å². The molecule has 0 saturated heterocycles. The monoisotopic (exact) mass is 240 g/mol. The summed E-state index contributed by atoms with van der Waals surface area (Å²) in [5.41, 5.74) is 0. The molecule has 1 fully saturated rings. The molecule has 1 N–H and O–H groups in total. The van der Waals surface area contributed by atoms with Crippen molar-refractivity contribution >= 4 is 5.97 Å². The van der Waals surface area contributed by atoms with Gasteiger partial charge in [0.15, 0.2) is 5.92 Å². The minimum Gasteiger partial charge on any atom is -0.481 e. The lowest BCUT2D eigenvalue weighted by molar-refractivity contribution is -0.203. The Kier molecular flexibility index (Phi) is 4.58. The van der Waals surface area contributed by atoms with Gasteiger partial charge in [0.1, 0.15) is 0 Å². The molecule has 1 unspecified atom stereocenters. The Labute approximate surface area is 91.6 Å². The van der Waals surface area contributed by atoms with E-state index in [1.807, 2.05) is 0 Å². The Morgan fingerprint density at radius 2 is 2.06 bits per heavy atom. The van der Waals surface area contributed by atoms with Crippen molar-refractivity contribution in [3.8, 4) is 0 Å². The zero-order chi connectivity index (χ0) is 12.2. The highest BCUT2D eigenvalue weighted by Crippen LogP contribution is 2.30. The van der Waals surface area contributed by atoms with Gasteiger partial charge in [0.05, 0.1) is 6.61 Å². The average Bonchev–Trinajstić information content (AvgIpc) is 2.04. The molecule has 94 valence electrons. The van der Waals surface area contributed by atoms with Gasteiger partial charge in [-0.05, 0) is 12.3 Å². The number of carboxylic acid groups (broad SMARTS) is 1. The van der Waals surface area contributed by atoms with Crippen molar-refractivity contribution < 1.29 is 27.8 Å². The van der Waals surface area contributed by atoms with Gasteiger partial charge in [0, 0.05) is 6.61 Å². The molecule has 0 aliphatic heterocycles. The highest BCUT2D eigenvalue weighted by Gasteiger charge is 2.45. The van der Waals surface area contributed by atoms with Crippen LogP contribution in [0.15, 0.2) is 0 Å². The van der Waals surface area contributed by atoms with Crippen LogP contribution in [0.1, 0.15) is 25.7 Å². The number of rotatable bonds is 6. The van der Waals surface area contributed by atoms with E-state index in [9.17, 15) is 18.0 Å². The Hall–Kier alpha value is -0.780. The van der Waals surface area contributed by atoms with Gasteiger partial charge in [-0.2, -0.15) is 13.2 Å². The Balaban J connectivity index is 2.19. The van der Waals surface area contributed by atoms with Crippen molar-refractivity contribution in [2.24, 2.45) is 11.8 Å². The van der Waals surface area contributed by atoms with Crippen LogP contribution in [-0.2, 0) is 9.53 Å². The fourth-order valence-electron chi connectivity index (χ4n) is 1.54. The molecule has 1 aliphatic carbocycles. The Morgan fingerprint density at radius 1 is 1.44 bits per heavy atom. The van der Waals surface area contributed by atoms with Crippen molar-refractivity contribution in [2.45, 2.75) is 31.9 Å². The van der Waals surface area contributed by atoms with Crippen LogP contribution in [0.2, 0.25) is 0 Å². The average molecular weight is 240 g/mol. The number of halogens is 3. The largest absolute Gasteiger partial charge is 0.481 e. The SMILES string of the molecule is O=C(O)C(COCCC1CCC1)C(F)(F)F. The van der Waals surface area contributed by atoms with E-state index in [1.54, 1.807) is 0 Å². The topological polar surface area (TPSA) is 46.5 Å². The number of aliphatic carboxylic acids is 1. The summed E-state index contributed by atoms with van der Waals surface area (Å²) in [5.74, 6) is -3.74. The predicted molar refractivity (Wildman–Crippen MR) is 50.0 cm³/mol. The number of alkyl halides is 3. The van der Waals surface area contributed by atoms with Crippen LogP contribution in [0.4, 0.5) is 13.2 Å². The van der Waals surface area contributed by atoms with Crippen molar-refractivity contribution in [1.29, 1.82) is 0 Å². The molecule has 0 bridgehead atoms. The maximum atomic E-state index is 12.2. The summed E-state index contributed by atoms with van der Waals surface area (Å²) >= 11 is 0. The third-order valence-electron chi connectivity index (χ3n) is 2.87. The van der Waals surface area contributed by atoms with Gasteiger partial charge in [-0.15, -0.1) is 0 Å². The van der Waals surface area contributed by atoms with Crippen LogP contribution in [0.5, 0.6) is 0 Å². The summed E-state index contributed by atoms with van der Waals surface area (Å²) in [6, 6.07) is 0. The van der Waals surface area contributed by atoms with E-state index in [4.69, 9.17) is 9.84 Å². The van der Waals surface area contributed by atoms with Crippen LogP contribution in [0.3, 0.4) is 0 Å². The molecule has 1 aliphatic rings. The first kappa shape index (κ1) is 13.3. The summed E-state index contributed by atoms with van der Waals surface area (Å²) in [6.07, 6.45) is -0.632. The van der Waals surface area contributed by atoms with E-state index in [1.165, 1.54) is 6.42 Å². The first-order valence-electron chi connectivity index (χ1n) is 5.28. The molecule has 0 radical (unpaired) electrons. The number of hydrogen-bond donors (Lipinski definition) is 1. The van der Waals surface area contributed by atoms with E-state index >= 15 is 0 Å². The summed E-state index contributed by atoms with van der Waals surface area (Å²) in [7, 11) is 0. The molecule has 1 rings (SSSR count). The highest BCUT2D eigenvalue weighted by molar-refractivity contribution is 5.71. The third kappa shape index (κ3) is 4.00. The molecule has 6 heteroatoms. The van der Waals surface area contributed by atoms with Gasteiger partial charge >= 0.3 is 12.1 Å². The normalized spacial score (nSPS) is 19.2. The second-order valence-corrected chi connectivity index (χ2v) is 4.09. The Morgan fingerprint density at radius 3 is 2.44 bits per heavy atom. The number of carboxylic acids is 1. The van der Waals surface area contributed by atoms with Gasteiger partial charge in [-0.25, -0.2) is 0 Å². The molecule has 1 atom stereocenters. The molecule has 0 aromatic rings. The van der Waals surface area contributed by atoms with E-state index in [0.717, 1.165) is 19.3 Å². The number of carbonyl (C=O) groups is 1. The molecular formula is C10H15F3O3. The maximum absolute atomic E-state index is 12.2. The van der Waals surface area contributed by atoms with Crippen LogP contribution >= 0.6 is 0 Å². The number of hydrogen-bond acceptors (Lipinski definition) is 2. The summed E-state index contributed by atoms with van der Waals surface area (Å²) in [5, 5.41) is 8.37. The van der Waals surface area contributed by atoms with E-state index in [2.05, 4.69) is 0 Å². The first-order chi connectivity index (χ1) is 7.41. The van der Waals surface area contributed by atoms with Gasteiger partial charge in [0.25, 0.3) is 0 Å². The summed E-state index contributed by atoms with van der Waals surface area (Å²) in [4.78, 5) is 10.3. The summed E-state index contributed by atoms with van der Waals surface area (Å²) in [6.45, 7) is -0.573. The summed E-state index contributed by atoms with van der Waals surface area (Å²) < 4.78 is 41.3. The lowest BCUT2D eigenvalue weighted by atomic mass is 9.83. The fraction of sp³-hybridized carbons (Fsp3) is 0.900. The quantitative estimate of drug-likeness (QED) is 0.725. The lowest BCUT2D eigenvalue weighted by Crippen LogP contribution is -2.34. The minimum atomic E-state index is -4.73. The van der Waals surface area contributed by atoms with Gasteiger partial charge in [-0.1, -0.05) is 19.3 Å². The van der Waals surface area contributed by atoms with Crippen LogP contribution < -0.4 is 0 Å². The molecule has 0 heterocycles.